The molecule has 1 fully saturated rings. The number of primary amides is 1. The van der Waals surface area contributed by atoms with Gasteiger partial charge in [0.2, 0.25) is 0 Å². The molecule has 2 amide bonds. The summed E-state index contributed by atoms with van der Waals surface area (Å²) in [6.45, 7) is 6.97. The minimum absolute atomic E-state index is 0.0793. The van der Waals surface area contributed by atoms with E-state index >= 15 is 0 Å². The fraction of sp³-hybridized carbons (Fsp3) is 0.917. The Labute approximate surface area is 97.9 Å². The van der Waals surface area contributed by atoms with Crippen LogP contribution < -0.4 is 11.1 Å². The predicted octanol–water partition coefficient (Wildman–Crippen LogP) is 2.03. The second kappa shape index (κ2) is 5.53. The van der Waals surface area contributed by atoms with Crippen LogP contribution in [0.1, 0.15) is 46.5 Å². The summed E-state index contributed by atoms with van der Waals surface area (Å²) in [4.78, 5) is 10.8. The second-order valence-electron chi connectivity index (χ2n) is 5.66. The number of hydrogen-bond acceptors (Lipinski definition) is 2. The zero-order valence-corrected chi connectivity index (χ0v) is 10.6. The van der Waals surface area contributed by atoms with E-state index in [4.69, 9.17) is 10.5 Å². The maximum atomic E-state index is 10.8. The first-order chi connectivity index (χ1) is 7.37. The quantitative estimate of drug-likeness (QED) is 0.776. The fourth-order valence-corrected chi connectivity index (χ4v) is 2.14. The normalized spacial score (nSPS) is 26.4. The number of ether oxygens (including phenoxy) is 1. The lowest BCUT2D eigenvalue weighted by atomic mass is 9.86. The molecule has 0 saturated heterocycles. The molecule has 1 aliphatic rings. The summed E-state index contributed by atoms with van der Waals surface area (Å²) in [6, 6.07) is -0.179. The van der Waals surface area contributed by atoms with E-state index < -0.39 is 6.03 Å². The molecule has 4 nitrogen and oxygen atoms in total. The van der Waals surface area contributed by atoms with Crippen LogP contribution in [0.2, 0.25) is 0 Å². The molecule has 1 rings (SSSR count). The Morgan fingerprint density at radius 2 is 2.12 bits per heavy atom. The molecule has 0 radical (unpaired) electrons. The van der Waals surface area contributed by atoms with Crippen LogP contribution >= 0.6 is 0 Å². The summed E-state index contributed by atoms with van der Waals surface area (Å²) < 4.78 is 5.78. The number of carbonyl (C=O) groups is 1. The Morgan fingerprint density at radius 1 is 1.44 bits per heavy atom. The SMILES string of the molecule is CC(C)(C)OC[C@H]1CCC[C@@H](NC(N)=O)C1. The molecule has 0 aromatic carbocycles. The molecule has 0 aliphatic heterocycles. The highest BCUT2D eigenvalue weighted by atomic mass is 16.5. The lowest BCUT2D eigenvalue weighted by molar-refractivity contribution is -0.0295. The molecule has 0 bridgehead atoms. The van der Waals surface area contributed by atoms with Crippen LogP contribution in [0.25, 0.3) is 0 Å². The van der Waals surface area contributed by atoms with Crippen molar-refractivity contribution in [1.29, 1.82) is 0 Å². The van der Waals surface area contributed by atoms with Gasteiger partial charge >= 0.3 is 6.03 Å². The molecule has 16 heavy (non-hydrogen) atoms. The molecule has 0 heterocycles. The standard InChI is InChI=1S/C12H24N2O2/c1-12(2,3)16-8-9-5-4-6-10(7-9)14-11(13)15/h9-10H,4-8H2,1-3H3,(H3,13,14,15)/t9-,10+/m0/s1. The van der Waals surface area contributed by atoms with Crippen LogP contribution in [0, 0.1) is 5.92 Å². The third-order valence-electron chi connectivity index (χ3n) is 2.88. The molecular formula is C12H24N2O2. The van der Waals surface area contributed by atoms with Crippen LogP contribution in [0.3, 0.4) is 0 Å². The smallest absolute Gasteiger partial charge is 0.312 e. The largest absolute Gasteiger partial charge is 0.376 e. The van der Waals surface area contributed by atoms with E-state index in [1.807, 2.05) is 0 Å². The maximum absolute atomic E-state index is 10.8. The van der Waals surface area contributed by atoms with Gasteiger partial charge in [0.1, 0.15) is 0 Å². The number of hydrogen-bond donors (Lipinski definition) is 2. The Kier molecular flexibility index (Phi) is 4.59. The first-order valence-electron chi connectivity index (χ1n) is 6.07. The topological polar surface area (TPSA) is 64.3 Å². The molecule has 0 aromatic rings. The first kappa shape index (κ1) is 13.3. The van der Waals surface area contributed by atoms with E-state index in [-0.39, 0.29) is 11.6 Å². The number of amides is 2. The minimum Gasteiger partial charge on any atom is -0.376 e. The van der Waals surface area contributed by atoms with Gasteiger partial charge in [-0.3, -0.25) is 0 Å². The lowest BCUT2D eigenvalue weighted by Crippen LogP contribution is -2.42. The molecule has 0 spiro atoms. The summed E-state index contributed by atoms with van der Waals surface area (Å²) in [5.41, 5.74) is 5.05. The molecule has 0 unspecified atom stereocenters. The number of carbonyl (C=O) groups excluding carboxylic acids is 1. The van der Waals surface area contributed by atoms with Gasteiger partial charge in [-0.05, 0) is 46.0 Å². The van der Waals surface area contributed by atoms with Gasteiger partial charge in [-0.1, -0.05) is 6.42 Å². The summed E-state index contributed by atoms with van der Waals surface area (Å²) >= 11 is 0. The second-order valence-corrected chi connectivity index (χ2v) is 5.66. The highest BCUT2D eigenvalue weighted by Gasteiger charge is 2.24. The maximum Gasteiger partial charge on any atom is 0.312 e. The van der Waals surface area contributed by atoms with Crippen LogP contribution in [0.15, 0.2) is 0 Å². The molecule has 94 valence electrons. The average molecular weight is 228 g/mol. The molecule has 1 aliphatic carbocycles. The van der Waals surface area contributed by atoms with Crippen LogP contribution in [-0.4, -0.2) is 24.3 Å². The zero-order valence-electron chi connectivity index (χ0n) is 10.6. The van der Waals surface area contributed by atoms with Gasteiger partial charge in [-0.15, -0.1) is 0 Å². The van der Waals surface area contributed by atoms with Crippen LogP contribution in [0.4, 0.5) is 4.79 Å². The average Bonchev–Trinajstić information content (AvgIpc) is 2.13. The highest BCUT2D eigenvalue weighted by Crippen LogP contribution is 2.25. The van der Waals surface area contributed by atoms with E-state index in [1.165, 1.54) is 6.42 Å². The van der Waals surface area contributed by atoms with Gasteiger partial charge in [0.25, 0.3) is 0 Å². The van der Waals surface area contributed by atoms with Gasteiger partial charge in [-0.25, -0.2) is 4.79 Å². The number of nitrogens with one attached hydrogen (secondary N) is 1. The van der Waals surface area contributed by atoms with Gasteiger partial charge < -0.3 is 15.8 Å². The van der Waals surface area contributed by atoms with Crippen LogP contribution in [0.5, 0.6) is 0 Å². The number of nitrogens with two attached hydrogens (primary N) is 1. The van der Waals surface area contributed by atoms with Gasteiger partial charge in [0.15, 0.2) is 0 Å². The molecule has 3 N–H and O–H groups in total. The van der Waals surface area contributed by atoms with Crippen molar-refractivity contribution in [2.75, 3.05) is 6.61 Å². The molecule has 1 saturated carbocycles. The summed E-state index contributed by atoms with van der Waals surface area (Å²) in [7, 11) is 0. The van der Waals surface area contributed by atoms with Gasteiger partial charge in [-0.2, -0.15) is 0 Å². The Hall–Kier alpha value is -0.770. The van der Waals surface area contributed by atoms with Crippen molar-refractivity contribution in [2.24, 2.45) is 11.7 Å². The third-order valence-corrected chi connectivity index (χ3v) is 2.88. The van der Waals surface area contributed by atoms with E-state index in [2.05, 4.69) is 26.1 Å². The van der Waals surface area contributed by atoms with Gasteiger partial charge in [0.05, 0.1) is 12.2 Å². The molecule has 0 aromatic heterocycles. The van der Waals surface area contributed by atoms with Crippen molar-refractivity contribution in [3.63, 3.8) is 0 Å². The van der Waals surface area contributed by atoms with Crippen molar-refractivity contribution >= 4 is 6.03 Å². The monoisotopic (exact) mass is 228 g/mol. The predicted molar refractivity (Wildman–Crippen MR) is 64.2 cm³/mol. The van der Waals surface area contributed by atoms with Gasteiger partial charge in [0, 0.05) is 6.04 Å². The van der Waals surface area contributed by atoms with Crippen molar-refractivity contribution in [2.45, 2.75) is 58.1 Å². The van der Waals surface area contributed by atoms with Crippen LogP contribution in [-0.2, 0) is 4.74 Å². The van der Waals surface area contributed by atoms with Crippen molar-refractivity contribution in [3.8, 4) is 0 Å². The molecular weight excluding hydrogens is 204 g/mol. The molecule has 2 atom stereocenters. The first-order valence-corrected chi connectivity index (χ1v) is 6.07. The van der Waals surface area contributed by atoms with Crippen molar-refractivity contribution < 1.29 is 9.53 Å². The van der Waals surface area contributed by atoms with E-state index in [9.17, 15) is 4.79 Å². The van der Waals surface area contributed by atoms with E-state index in [0.717, 1.165) is 25.9 Å². The van der Waals surface area contributed by atoms with Crippen molar-refractivity contribution in [1.82, 2.24) is 5.32 Å². The zero-order chi connectivity index (χ0) is 12.2. The summed E-state index contributed by atoms with van der Waals surface area (Å²) in [6.07, 6.45) is 4.35. The number of rotatable bonds is 3. The lowest BCUT2D eigenvalue weighted by Gasteiger charge is -2.31. The van der Waals surface area contributed by atoms with Crippen molar-refractivity contribution in [3.05, 3.63) is 0 Å². The Morgan fingerprint density at radius 3 is 2.69 bits per heavy atom. The number of urea groups is 1. The summed E-state index contributed by atoms with van der Waals surface area (Å²) in [5, 5.41) is 2.79. The van der Waals surface area contributed by atoms with E-state index in [0.29, 0.717) is 5.92 Å². The third kappa shape index (κ3) is 5.35. The highest BCUT2D eigenvalue weighted by molar-refractivity contribution is 5.71. The summed E-state index contributed by atoms with van der Waals surface area (Å²) in [5.74, 6) is 0.546. The Bertz CT molecular complexity index is 236. The molecule has 4 heteroatoms. The van der Waals surface area contributed by atoms with E-state index in [1.54, 1.807) is 0 Å². The fourth-order valence-electron chi connectivity index (χ4n) is 2.14. The minimum atomic E-state index is -0.414. The Balaban J connectivity index is 2.30.